The van der Waals surface area contributed by atoms with Gasteiger partial charge in [-0.2, -0.15) is 0 Å². The SMILES string of the molecule is O=C([O-])C(=O)CC(=O)c1ccccc1.[Cr+3]. The van der Waals surface area contributed by atoms with Crippen molar-refractivity contribution in [3.63, 3.8) is 0 Å². The van der Waals surface area contributed by atoms with Crippen molar-refractivity contribution >= 4 is 17.5 Å². The third kappa shape index (κ3) is 4.07. The summed E-state index contributed by atoms with van der Waals surface area (Å²) in [4.78, 5) is 31.9. The molecule has 1 rings (SSSR count). The van der Waals surface area contributed by atoms with Gasteiger partial charge >= 0.3 is 17.4 Å². The largest absolute Gasteiger partial charge is 3.00 e. The molecule has 0 saturated carbocycles. The molecule has 1 aromatic rings. The Morgan fingerprint density at radius 3 is 2.07 bits per heavy atom. The van der Waals surface area contributed by atoms with E-state index in [0.29, 0.717) is 5.56 Å². The summed E-state index contributed by atoms with van der Waals surface area (Å²) in [7, 11) is 0. The topological polar surface area (TPSA) is 74.3 Å². The summed E-state index contributed by atoms with van der Waals surface area (Å²) in [6.45, 7) is 0. The Hall–Kier alpha value is -1.44. The summed E-state index contributed by atoms with van der Waals surface area (Å²) in [5, 5.41) is 10.1. The molecular formula is C10H7CrO4+2. The maximum absolute atomic E-state index is 11.2. The van der Waals surface area contributed by atoms with Gasteiger partial charge in [0.15, 0.2) is 11.6 Å². The van der Waals surface area contributed by atoms with Gasteiger partial charge in [-0.1, -0.05) is 30.3 Å². The van der Waals surface area contributed by atoms with Crippen LogP contribution in [0.2, 0.25) is 0 Å². The molecule has 0 N–H and O–H groups in total. The molecule has 4 nitrogen and oxygen atoms in total. The van der Waals surface area contributed by atoms with Gasteiger partial charge in [0, 0.05) is 5.56 Å². The number of Topliss-reactive ketones (excluding diaryl/α,β-unsaturated/α-hetero) is 2. The van der Waals surface area contributed by atoms with Gasteiger partial charge in [-0.05, 0) is 0 Å². The van der Waals surface area contributed by atoms with E-state index < -0.39 is 24.0 Å². The van der Waals surface area contributed by atoms with Crippen molar-refractivity contribution in [2.24, 2.45) is 0 Å². The average molecular weight is 243 g/mol. The Kier molecular flexibility index (Phi) is 5.54. The Morgan fingerprint density at radius 1 is 1.07 bits per heavy atom. The molecule has 5 heteroatoms. The summed E-state index contributed by atoms with van der Waals surface area (Å²) < 4.78 is 0. The van der Waals surface area contributed by atoms with Gasteiger partial charge in [0.1, 0.15) is 5.97 Å². The number of carboxylic acids is 1. The Morgan fingerprint density at radius 2 is 1.60 bits per heavy atom. The first-order valence-corrected chi connectivity index (χ1v) is 3.93. The molecule has 0 aromatic heterocycles. The normalized spacial score (nSPS) is 8.80. The van der Waals surface area contributed by atoms with Gasteiger partial charge in [0.05, 0.1) is 6.42 Å². The third-order valence-corrected chi connectivity index (χ3v) is 1.64. The maximum atomic E-state index is 11.2. The zero-order valence-corrected chi connectivity index (χ0v) is 8.91. The van der Waals surface area contributed by atoms with Crippen LogP contribution in [0.25, 0.3) is 0 Å². The number of carboxylic acid groups (broad SMARTS) is 1. The predicted octanol–water partition coefficient (Wildman–Crippen LogP) is -0.424. The monoisotopic (exact) mass is 243 g/mol. The molecular weight excluding hydrogens is 236 g/mol. The van der Waals surface area contributed by atoms with E-state index in [9.17, 15) is 19.5 Å². The van der Waals surface area contributed by atoms with Crippen LogP contribution in [0, 0.1) is 0 Å². The molecule has 0 atom stereocenters. The van der Waals surface area contributed by atoms with Crippen LogP contribution in [0.15, 0.2) is 30.3 Å². The molecule has 15 heavy (non-hydrogen) atoms. The van der Waals surface area contributed by atoms with Gasteiger partial charge in [0.25, 0.3) is 0 Å². The fourth-order valence-corrected chi connectivity index (χ4v) is 0.944. The predicted molar refractivity (Wildman–Crippen MR) is 45.4 cm³/mol. The number of benzene rings is 1. The minimum Gasteiger partial charge on any atom is -0.542 e. The molecule has 0 heterocycles. The first-order chi connectivity index (χ1) is 6.61. The summed E-state index contributed by atoms with van der Waals surface area (Å²) in [6.07, 6.45) is -0.646. The van der Waals surface area contributed by atoms with Crippen LogP contribution in [-0.2, 0) is 27.0 Å². The number of rotatable bonds is 4. The Bertz CT molecular complexity index is 372. The summed E-state index contributed by atoms with van der Waals surface area (Å²) in [5.74, 6) is -3.53. The molecule has 0 unspecified atom stereocenters. The van der Waals surface area contributed by atoms with E-state index in [1.165, 1.54) is 12.1 Å². The van der Waals surface area contributed by atoms with Crippen molar-refractivity contribution < 1.29 is 36.9 Å². The first kappa shape index (κ1) is 13.6. The number of carbonyl (C=O) groups is 3. The fraction of sp³-hybridized carbons (Fsp3) is 0.100. The van der Waals surface area contributed by atoms with Crippen molar-refractivity contribution in [2.75, 3.05) is 0 Å². The van der Waals surface area contributed by atoms with E-state index in [0.717, 1.165) is 0 Å². The average Bonchev–Trinajstić information content (AvgIpc) is 2.19. The van der Waals surface area contributed by atoms with Gasteiger partial charge in [-0.15, -0.1) is 0 Å². The number of hydrogen-bond donors (Lipinski definition) is 0. The molecule has 0 fully saturated rings. The van der Waals surface area contributed by atoms with Crippen LogP contribution >= 0.6 is 0 Å². The van der Waals surface area contributed by atoms with E-state index in [2.05, 4.69) is 0 Å². The number of ketones is 2. The van der Waals surface area contributed by atoms with Crippen molar-refractivity contribution in [1.82, 2.24) is 0 Å². The summed E-state index contributed by atoms with van der Waals surface area (Å²) >= 11 is 0. The molecule has 0 saturated heterocycles. The van der Waals surface area contributed by atoms with Gasteiger partial charge in [-0.3, -0.25) is 9.59 Å². The molecule has 0 aliphatic carbocycles. The van der Waals surface area contributed by atoms with Crippen molar-refractivity contribution in [1.29, 1.82) is 0 Å². The second-order valence-electron chi connectivity index (χ2n) is 2.68. The van der Waals surface area contributed by atoms with Crippen LogP contribution in [0.5, 0.6) is 0 Å². The van der Waals surface area contributed by atoms with E-state index >= 15 is 0 Å². The van der Waals surface area contributed by atoms with Crippen molar-refractivity contribution in [2.45, 2.75) is 6.42 Å². The standard InChI is InChI=1S/C10H8O4.Cr/c11-8(6-9(12)10(13)14)7-4-2-1-3-5-7;/h1-5H,6H2,(H,13,14);/q;+3/p-1. The van der Waals surface area contributed by atoms with Crippen LogP contribution < -0.4 is 5.11 Å². The molecule has 1 radical (unpaired) electrons. The summed E-state index contributed by atoms with van der Waals surface area (Å²) in [6, 6.07) is 8.03. The van der Waals surface area contributed by atoms with Crippen LogP contribution in [-0.4, -0.2) is 17.5 Å². The molecule has 0 spiro atoms. The van der Waals surface area contributed by atoms with Gasteiger partial charge in [0.2, 0.25) is 0 Å². The second-order valence-corrected chi connectivity index (χ2v) is 2.68. The van der Waals surface area contributed by atoms with Crippen LogP contribution in [0.4, 0.5) is 0 Å². The van der Waals surface area contributed by atoms with Crippen molar-refractivity contribution in [3.8, 4) is 0 Å². The second kappa shape index (κ2) is 6.12. The smallest absolute Gasteiger partial charge is 0.542 e. The molecule has 0 aliphatic rings. The van der Waals surface area contributed by atoms with Crippen LogP contribution in [0.3, 0.4) is 0 Å². The Labute approximate surface area is 97.0 Å². The molecule has 1 aromatic carbocycles. The number of aliphatic carboxylic acids is 1. The zero-order chi connectivity index (χ0) is 10.6. The third-order valence-electron chi connectivity index (χ3n) is 1.64. The minimum absolute atomic E-state index is 0. The molecule has 0 bridgehead atoms. The minimum atomic E-state index is -1.82. The first-order valence-electron chi connectivity index (χ1n) is 3.93. The maximum Gasteiger partial charge on any atom is 3.00 e. The fourth-order valence-electron chi connectivity index (χ4n) is 0.944. The zero-order valence-electron chi connectivity index (χ0n) is 7.64. The Balaban J connectivity index is 0.00000196. The van der Waals surface area contributed by atoms with E-state index in [1.54, 1.807) is 18.2 Å². The van der Waals surface area contributed by atoms with Crippen molar-refractivity contribution in [3.05, 3.63) is 35.9 Å². The van der Waals surface area contributed by atoms with E-state index in [-0.39, 0.29) is 17.4 Å². The number of carbonyl (C=O) groups excluding carboxylic acids is 3. The molecule has 0 amide bonds. The van der Waals surface area contributed by atoms with Gasteiger partial charge in [-0.25, -0.2) is 0 Å². The van der Waals surface area contributed by atoms with Gasteiger partial charge < -0.3 is 9.90 Å². The molecule has 75 valence electrons. The van der Waals surface area contributed by atoms with E-state index in [4.69, 9.17) is 0 Å². The number of hydrogen-bond acceptors (Lipinski definition) is 4. The quantitative estimate of drug-likeness (QED) is 0.409. The summed E-state index contributed by atoms with van der Waals surface area (Å²) in [5.41, 5.74) is 0.321. The van der Waals surface area contributed by atoms with Crippen LogP contribution in [0.1, 0.15) is 16.8 Å². The molecule has 0 aliphatic heterocycles. The van der Waals surface area contributed by atoms with E-state index in [1.807, 2.05) is 0 Å².